The van der Waals surface area contributed by atoms with Gasteiger partial charge in [-0.2, -0.15) is 0 Å². The van der Waals surface area contributed by atoms with E-state index in [0.717, 1.165) is 52.1 Å². The van der Waals surface area contributed by atoms with Crippen LogP contribution in [0.2, 0.25) is 0 Å². The van der Waals surface area contributed by atoms with E-state index in [1.54, 1.807) is 0 Å². The van der Waals surface area contributed by atoms with Gasteiger partial charge in [-0.05, 0) is 18.8 Å². The summed E-state index contributed by atoms with van der Waals surface area (Å²) < 4.78 is 5.84. The van der Waals surface area contributed by atoms with Gasteiger partial charge in [0.2, 0.25) is 0 Å². The zero-order valence-corrected chi connectivity index (χ0v) is 11.2. The fourth-order valence-electron chi connectivity index (χ4n) is 3.86. The minimum absolute atomic E-state index is 0.0370. The molecule has 6 heteroatoms. The minimum Gasteiger partial charge on any atom is -0.460 e. The monoisotopic (exact) mass is 266 g/mol. The average Bonchev–Trinajstić information content (AvgIpc) is 2.49. The molecule has 4 bridgehead atoms. The number of ether oxygens (including phenoxy) is 1. The summed E-state index contributed by atoms with van der Waals surface area (Å²) in [4.78, 5) is 12.4. The lowest BCUT2D eigenvalue weighted by Gasteiger charge is -2.47. The van der Waals surface area contributed by atoms with Gasteiger partial charge in [0.25, 0.3) is 0 Å². The summed E-state index contributed by atoms with van der Waals surface area (Å²) in [6, 6.07) is 0. The Morgan fingerprint density at radius 1 is 1.00 bits per heavy atom. The van der Waals surface area contributed by atoms with Crippen LogP contribution in [0.25, 0.3) is 0 Å². The highest BCUT2D eigenvalue weighted by atomic mass is 16.5. The molecule has 0 aromatic rings. The fourth-order valence-corrected chi connectivity index (χ4v) is 3.86. The first kappa shape index (κ1) is 12.1. The molecular weight excluding hydrogens is 244 g/mol. The number of hydrogen-bond donors (Lipinski definition) is 2. The number of hydrazine groups is 2. The summed E-state index contributed by atoms with van der Waals surface area (Å²) in [6.07, 6.45) is 2.37. The lowest BCUT2D eigenvalue weighted by molar-refractivity contribution is -0.173. The number of nitrogens with zero attached hydrogens (tertiary/aromatic N) is 2. The summed E-state index contributed by atoms with van der Waals surface area (Å²) in [5, 5.41) is 4.36. The van der Waals surface area contributed by atoms with Gasteiger partial charge >= 0.3 is 5.97 Å². The second-order valence-corrected chi connectivity index (χ2v) is 6.30. The highest BCUT2D eigenvalue weighted by molar-refractivity contribution is 5.73. The molecule has 0 aromatic carbocycles. The fraction of sp³-hybridized carbons (Fsp3) is 0.923. The molecule has 6 unspecified atom stereocenters. The Morgan fingerprint density at radius 3 is 2.16 bits per heavy atom. The number of carbonyl (C=O) groups excluding carboxylic acids is 1. The van der Waals surface area contributed by atoms with Crippen molar-refractivity contribution in [1.82, 2.24) is 20.9 Å². The van der Waals surface area contributed by atoms with E-state index in [-0.39, 0.29) is 18.0 Å². The molecular formula is C13H22N4O2. The van der Waals surface area contributed by atoms with Crippen molar-refractivity contribution in [3.8, 4) is 0 Å². The first-order valence-electron chi connectivity index (χ1n) is 7.47. The molecule has 6 fully saturated rings. The predicted octanol–water partition coefficient (Wildman–Crippen LogP) is -0.805. The molecule has 0 radical (unpaired) electrons. The smallest absolute Gasteiger partial charge is 0.310 e. The zero-order chi connectivity index (χ0) is 12.8. The second-order valence-electron chi connectivity index (χ2n) is 6.30. The van der Waals surface area contributed by atoms with E-state index in [1.165, 1.54) is 0 Å². The van der Waals surface area contributed by atoms with Crippen LogP contribution < -0.4 is 10.9 Å². The van der Waals surface area contributed by atoms with E-state index in [0.29, 0.717) is 11.8 Å². The van der Waals surface area contributed by atoms with Crippen molar-refractivity contribution in [1.29, 1.82) is 0 Å². The van der Waals surface area contributed by atoms with E-state index in [1.807, 2.05) is 0 Å². The molecule has 19 heavy (non-hydrogen) atoms. The van der Waals surface area contributed by atoms with E-state index in [2.05, 4.69) is 20.9 Å². The molecule has 106 valence electrons. The van der Waals surface area contributed by atoms with Crippen molar-refractivity contribution in [2.45, 2.75) is 18.9 Å². The first-order valence-corrected chi connectivity index (χ1v) is 7.47. The maximum atomic E-state index is 12.4. The SMILES string of the molecule is O=C(OC1CN2CCC1CN2)C1CN2CCC1CN2. The summed E-state index contributed by atoms with van der Waals surface area (Å²) in [7, 11) is 0. The number of hydrogen-bond acceptors (Lipinski definition) is 6. The van der Waals surface area contributed by atoms with Crippen LogP contribution in [0.15, 0.2) is 0 Å². The molecule has 0 aromatic heterocycles. The average molecular weight is 266 g/mol. The van der Waals surface area contributed by atoms with Crippen molar-refractivity contribution in [2.24, 2.45) is 17.8 Å². The van der Waals surface area contributed by atoms with Crippen LogP contribution in [0.3, 0.4) is 0 Å². The highest BCUT2D eigenvalue weighted by Gasteiger charge is 2.42. The van der Waals surface area contributed by atoms with E-state index >= 15 is 0 Å². The Kier molecular flexibility index (Phi) is 2.99. The van der Waals surface area contributed by atoms with Gasteiger partial charge in [0.1, 0.15) is 6.10 Å². The van der Waals surface area contributed by atoms with Crippen molar-refractivity contribution >= 4 is 5.97 Å². The molecule has 6 aliphatic heterocycles. The predicted molar refractivity (Wildman–Crippen MR) is 68.7 cm³/mol. The molecule has 6 rings (SSSR count). The van der Waals surface area contributed by atoms with Gasteiger partial charge in [0, 0.05) is 38.6 Å². The molecule has 0 aliphatic carbocycles. The van der Waals surface area contributed by atoms with Crippen LogP contribution in [0.4, 0.5) is 0 Å². The van der Waals surface area contributed by atoms with Gasteiger partial charge in [0.05, 0.1) is 12.5 Å². The van der Waals surface area contributed by atoms with Gasteiger partial charge in [-0.25, -0.2) is 10.0 Å². The molecule has 6 nitrogen and oxygen atoms in total. The van der Waals surface area contributed by atoms with Crippen LogP contribution in [0.1, 0.15) is 12.8 Å². The van der Waals surface area contributed by atoms with E-state index in [9.17, 15) is 4.79 Å². The number of rotatable bonds is 2. The standard InChI is InChI=1S/C13H22N4O2/c18-13(11-7-16-3-1-9(11)5-14-16)19-12-8-17-4-2-10(12)6-15-17/h9-12,14-15H,1-8H2. The Morgan fingerprint density at radius 2 is 1.68 bits per heavy atom. The summed E-state index contributed by atoms with van der Waals surface area (Å²) in [5.41, 5.74) is 6.69. The molecule has 6 aliphatic rings. The Labute approximate surface area is 113 Å². The highest BCUT2D eigenvalue weighted by Crippen LogP contribution is 2.30. The third kappa shape index (κ3) is 2.16. The maximum absolute atomic E-state index is 12.4. The largest absolute Gasteiger partial charge is 0.460 e. The molecule has 0 amide bonds. The molecule has 2 N–H and O–H groups in total. The maximum Gasteiger partial charge on any atom is 0.310 e. The number of esters is 1. The normalized spacial score (nSPS) is 48.2. The topological polar surface area (TPSA) is 56.8 Å². The van der Waals surface area contributed by atoms with Crippen LogP contribution in [-0.4, -0.2) is 61.4 Å². The quantitative estimate of drug-likeness (QED) is 0.638. The van der Waals surface area contributed by atoms with Crippen molar-refractivity contribution in [3.05, 3.63) is 0 Å². The Bertz CT molecular complexity index is 362. The van der Waals surface area contributed by atoms with Gasteiger partial charge in [-0.3, -0.25) is 15.6 Å². The van der Waals surface area contributed by atoms with Crippen molar-refractivity contribution < 1.29 is 9.53 Å². The van der Waals surface area contributed by atoms with Crippen LogP contribution in [0.5, 0.6) is 0 Å². The van der Waals surface area contributed by atoms with Crippen molar-refractivity contribution in [2.75, 3.05) is 39.3 Å². The molecule has 6 saturated heterocycles. The molecule has 0 spiro atoms. The first-order chi connectivity index (χ1) is 9.29. The number of piperidine rings is 2. The number of nitrogens with one attached hydrogen (secondary N) is 2. The number of carbonyl (C=O) groups is 1. The Hall–Kier alpha value is -0.690. The Balaban J connectivity index is 1.39. The zero-order valence-electron chi connectivity index (χ0n) is 11.2. The summed E-state index contributed by atoms with van der Waals surface area (Å²) in [5.74, 6) is 1.10. The third-order valence-corrected chi connectivity index (χ3v) is 5.18. The number of fused-ring (bicyclic) bond motifs is 6. The van der Waals surface area contributed by atoms with E-state index in [4.69, 9.17) is 4.74 Å². The molecule has 6 heterocycles. The van der Waals surface area contributed by atoms with Gasteiger partial charge in [-0.1, -0.05) is 0 Å². The van der Waals surface area contributed by atoms with Crippen LogP contribution in [0, 0.1) is 17.8 Å². The molecule has 0 saturated carbocycles. The van der Waals surface area contributed by atoms with Gasteiger partial charge in [-0.15, -0.1) is 0 Å². The lowest BCUT2D eigenvalue weighted by atomic mass is 9.84. The van der Waals surface area contributed by atoms with Crippen molar-refractivity contribution in [3.63, 3.8) is 0 Å². The molecule has 6 atom stereocenters. The van der Waals surface area contributed by atoms with Crippen LogP contribution >= 0.6 is 0 Å². The second kappa shape index (κ2) is 4.70. The van der Waals surface area contributed by atoms with Gasteiger partial charge in [0.15, 0.2) is 0 Å². The lowest BCUT2D eigenvalue weighted by Crippen LogP contribution is -2.62. The van der Waals surface area contributed by atoms with E-state index < -0.39 is 0 Å². The summed E-state index contributed by atoms with van der Waals surface area (Å²) in [6.45, 7) is 5.72. The third-order valence-electron chi connectivity index (χ3n) is 5.18. The summed E-state index contributed by atoms with van der Waals surface area (Å²) >= 11 is 0. The minimum atomic E-state index is 0.0370. The van der Waals surface area contributed by atoms with Gasteiger partial charge < -0.3 is 4.74 Å². The van der Waals surface area contributed by atoms with Crippen LogP contribution in [-0.2, 0) is 9.53 Å².